The fourth-order valence-electron chi connectivity index (χ4n) is 4.72. The summed E-state index contributed by atoms with van der Waals surface area (Å²) in [6, 6.07) is 0. The van der Waals surface area contributed by atoms with Crippen LogP contribution in [-0.2, 0) is 4.79 Å². The summed E-state index contributed by atoms with van der Waals surface area (Å²) in [5.41, 5.74) is 0. The molecular formula is C30H61NO3. The van der Waals surface area contributed by atoms with E-state index in [2.05, 4.69) is 20.8 Å². The minimum Gasteiger partial charge on any atom is -0.394 e. The van der Waals surface area contributed by atoms with Crippen LogP contribution in [0.2, 0.25) is 0 Å². The predicted molar refractivity (Wildman–Crippen MR) is 147 cm³/mol. The third-order valence-electron chi connectivity index (χ3n) is 7.18. The van der Waals surface area contributed by atoms with Crippen LogP contribution in [0.5, 0.6) is 0 Å². The lowest BCUT2D eigenvalue weighted by molar-refractivity contribution is -0.133. The summed E-state index contributed by atoms with van der Waals surface area (Å²) >= 11 is 0. The van der Waals surface area contributed by atoms with Crippen LogP contribution < -0.4 is 0 Å². The summed E-state index contributed by atoms with van der Waals surface area (Å²) in [5.74, 6) is 0.719. The molecule has 0 aliphatic carbocycles. The quantitative estimate of drug-likeness (QED) is 0.122. The zero-order valence-electron chi connectivity index (χ0n) is 23.4. The van der Waals surface area contributed by atoms with Crippen LogP contribution in [0.4, 0.5) is 0 Å². The predicted octanol–water partition coefficient (Wildman–Crippen LogP) is 8.04. The zero-order chi connectivity index (χ0) is 25.3. The molecule has 0 spiro atoms. The largest absolute Gasteiger partial charge is 0.394 e. The third kappa shape index (κ3) is 21.9. The van der Waals surface area contributed by atoms with Gasteiger partial charge in [-0.1, -0.05) is 136 Å². The number of aliphatic hydroxyl groups is 2. The summed E-state index contributed by atoms with van der Waals surface area (Å²) < 4.78 is 0. The third-order valence-corrected chi connectivity index (χ3v) is 7.18. The smallest absolute Gasteiger partial charge is 0.222 e. The number of hydrogen-bond donors (Lipinski definition) is 2. The molecule has 0 aliphatic rings. The molecule has 34 heavy (non-hydrogen) atoms. The van der Waals surface area contributed by atoms with Crippen molar-refractivity contribution in [3.05, 3.63) is 0 Å². The molecule has 2 atom stereocenters. The molecular weight excluding hydrogens is 422 g/mol. The van der Waals surface area contributed by atoms with E-state index in [0.29, 0.717) is 18.9 Å². The van der Waals surface area contributed by atoms with Crippen LogP contribution in [0.1, 0.15) is 156 Å². The van der Waals surface area contributed by atoms with E-state index in [1.807, 2.05) is 0 Å². The highest BCUT2D eigenvalue weighted by atomic mass is 16.3. The SMILES string of the molecule is CCCCCCCCCCCCC(C)CCC(=O)N(CCCCCCCCCC)CC(O)CO. The first-order chi connectivity index (χ1) is 16.5. The highest BCUT2D eigenvalue weighted by Gasteiger charge is 2.17. The number of unbranched alkanes of at least 4 members (excludes halogenated alkanes) is 16. The second kappa shape index (κ2) is 25.5. The molecule has 0 aromatic carbocycles. The van der Waals surface area contributed by atoms with E-state index in [-0.39, 0.29) is 19.1 Å². The van der Waals surface area contributed by atoms with Crippen LogP contribution in [0, 0.1) is 5.92 Å². The normalized spacial score (nSPS) is 13.2. The Labute approximate surface area is 213 Å². The maximum absolute atomic E-state index is 12.8. The maximum Gasteiger partial charge on any atom is 0.222 e. The Balaban J connectivity index is 3.95. The van der Waals surface area contributed by atoms with Gasteiger partial charge < -0.3 is 15.1 Å². The van der Waals surface area contributed by atoms with Gasteiger partial charge in [-0.3, -0.25) is 4.79 Å². The van der Waals surface area contributed by atoms with Gasteiger partial charge in [0.1, 0.15) is 0 Å². The number of carbonyl (C=O) groups excluding carboxylic acids is 1. The summed E-state index contributed by atoms with van der Waals surface area (Å²) in [5, 5.41) is 19.1. The van der Waals surface area contributed by atoms with Gasteiger partial charge in [-0.25, -0.2) is 0 Å². The number of rotatable bonds is 26. The Morgan fingerprint density at radius 3 is 1.59 bits per heavy atom. The topological polar surface area (TPSA) is 60.8 Å². The summed E-state index contributed by atoms with van der Waals surface area (Å²) in [6.07, 6.45) is 25.4. The van der Waals surface area contributed by atoms with Crippen LogP contribution in [-0.4, -0.2) is 46.8 Å². The van der Waals surface area contributed by atoms with E-state index >= 15 is 0 Å². The number of nitrogens with zero attached hydrogens (tertiary/aromatic N) is 1. The fraction of sp³-hybridized carbons (Fsp3) is 0.967. The number of amides is 1. The molecule has 0 saturated carbocycles. The molecule has 0 aromatic rings. The Hall–Kier alpha value is -0.610. The Kier molecular flexibility index (Phi) is 25.0. The summed E-state index contributed by atoms with van der Waals surface area (Å²) in [6.45, 7) is 7.47. The highest BCUT2D eigenvalue weighted by molar-refractivity contribution is 5.76. The molecule has 4 nitrogen and oxygen atoms in total. The Morgan fingerprint density at radius 2 is 1.12 bits per heavy atom. The molecule has 0 rings (SSSR count). The van der Waals surface area contributed by atoms with Gasteiger partial charge in [0.05, 0.1) is 12.7 Å². The molecule has 1 amide bonds. The van der Waals surface area contributed by atoms with Gasteiger partial charge in [0.25, 0.3) is 0 Å². The van der Waals surface area contributed by atoms with E-state index in [4.69, 9.17) is 0 Å². The van der Waals surface area contributed by atoms with E-state index < -0.39 is 6.10 Å². The second-order valence-electron chi connectivity index (χ2n) is 10.8. The van der Waals surface area contributed by atoms with Crippen molar-refractivity contribution in [1.82, 2.24) is 4.90 Å². The molecule has 0 radical (unpaired) electrons. The average Bonchev–Trinajstić information content (AvgIpc) is 2.84. The molecule has 0 aliphatic heterocycles. The van der Waals surface area contributed by atoms with Crippen molar-refractivity contribution in [2.75, 3.05) is 19.7 Å². The Morgan fingerprint density at radius 1 is 0.676 bits per heavy atom. The van der Waals surface area contributed by atoms with Gasteiger partial charge in [-0.2, -0.15) is 0 Å². The van der Waals surface area contributed by atoms with Gasteiger partial charge >= 0.3 is 0 Å². The van der Waals surface area contributed by atoms with Crippen LogP contribution >= 0.6 is 0 Å². The minimum atomic E-state index is -0.831. The number of hydrogen-bond acceptors (Lipinski definition) is 3. The molecule has 0 bridgehead atoms. The fourth-order valence-corrected chi connectivity index (χ4v) is 4.72. The van der Waals surface area contributed by atoms with E-state index in [9.17, 15) is 15.0 Å². The van der Waals surface area contributed by atoms with Gasteiger partial charge in [-0.05, 0) is 18.8 Å². The maximum atomic E-state index is 12.8. The van der Waals surface area contributed by atoms with Crippen molar-refractivity contribution < 1.29 is 15.0 Å². The lowest BCUT2D eigenvalue weighted by atomic mass is 9.97. The lowest BCUT2D eigenvalue weighted by Crippen LogP contribution is -2.39. The van der Waals surface area contributed by atoms with Crippen LogP contribution in [0.25, 0.3) is 0 Å². The van der Waals surface area contributed by atoms with E-state index in [1.165, 1.54) is 109 Å². The molecule has 2 N–H and O–H groups in total. The van der Waals surface area contributed by atoms with E-state index in [1.54, 1.807) is 4.90 Å². The lowest BCUT2D eigenvalue weighted by Gasteiger charge is -2.25. The second-order valence-corrected chi connectivity index (χ2v) is 10.8. The molecule has 4 heteroatoms. The van der Waals surface area contributed by atoms with Crippen LogP contribution in [0.3, 0.4) is 0 Å². The first-order valence-electron chi connectivity index (χ1n) is 15.1. The number of aliphatic hydroxyl groups excluding tert-OH is 2. The summed E-state index contributed by atoms with van der Waals surface area (Å²) in [4.78, 5) is 14.6. The summed E-state index contributed by atoms with van der Waals surface area (Å²) in [7, 11) is 0. The van der Waals surface area contributed by atoms with E-state index in [0.717, 1.165) is 19.3 Å². The minimum absolute atomic E-state index is 0.144. The zero-order valence-corrected chi connectivity index (χ0v) is 23.4. The Bertz CT molecular complexity index is 429. The monoisotopic (exact) mass is 483 g/mol. The van der Waals surface area contributed by atoms with Crippen molar-refractivity contribution in [1.29, 1.82) is 0 Å². The molecule has 0 heterocycles. The van der Waals surface area contributed by atoms with Crippen molar-refractivity contribution in [2.24, 2.45) is 5.92 Å². The average molecular weight is 484 g/mol. The van der Waals surface area contributed by atoms with Crippen LogP contribution in [0.15, 0.2) is 0 Å². The molecule has 2 unspecified atom stereocenters. The van der Waals surface area contributed by atoms with Gasteiger partial charge in [-0.15, -0.1) is 0 Å². The first kappa shape index (κ1) is 33.4. The van der Waals surface area contributed by atoms with Crippen molar-refractivity contribution in [2.45, 2.75) is 162 Å². The first-order valence-corrected chi connectivity index (χ1v) is 15.1. The van der Waals surface area contributed by atoms with Crippen molar-refractivity contribution in [3.63, 3.8) is 0 Å². The van der Waals surface area contributed by atoms with Crippen molar-refractivity contribution >= 4 is 5.91 Å². The molecule has 0 aromatic heterocycles. The van der Waals surface area contributed by atoms with Gasteiger partial charge in [0.2, 0.25) is 5.91 Å². The standard InChI is InChI=1S/C30H61NO3/c1-4-6-8-10-12-14-15-16-18-20-22-28(3)23-24-30(34)31(26-29(33)27-32)25-21-19-17-13-11-9-7-5-2/h28-29,32-33H,4-27H2,1-3H3. The molecule has 0 fully saturated rings. The van der Waals surface area contributed by atoms with Crippen molar-refractivity contribution in [3.8, 4) is 0 Å². The van der Waals surface area contributed by atoms with Gasteiger partial charge in [0, 0.05) is 19.5 Å². The van der Waals surface area contributed by atoms with Gasteiger partial charge in [0.15, 0.2) is 0 Å². The molecule has 0 saturated heterocycles. The highest BCUT2D eigenvalue weighted by Crippen LogP contribution is 2.18. The number of carbonyl (C=O) groups is 1. The molecule has 204 valence electrons.